The van der Waals surface area contributed by atoms with E-state index in [1.165, 1.54) is 4.90 Å². The van der Waals surface area contributed by atoms with E-state index in [1.54, 1.807) is 10.9 Å². The van der Waals surface area contributed by atoms with Gasteiger partial charge in [-0.25, -0.2) is 19.2 Å². The average Bonchev–Trinajstić information content (AvgIpc) is 2.81. The molecular weight excluding hydrogens is 265 g/mol. The van der Waals surface area contributed by atoms with E-state index in [0.29, 0.717) is 17.9 Å². The molecule has 0 spiro atoms. The zero-order valence-corrected chi connectivity index (χ0v) is 10.7. The number of halogens is 1. The Morgan fingerprint density at radius 2 is 2.10 bits per heavy atom. The summed E-state index contributed by atoms with van der Waals surface area (Å²) in [5, 5.41) is 13.4. The van der Waals surface area contributed by atoms with E-state index in [-0.39, 0.29) is 12.6 Å². The van der Waals surface area contributed by atoms with Crippen molar-refractivity contribution in [3.05, 3.63) is 30.1 Å². The van der Waals surface area contributed by atoms with Gasteiger partial charge in [0.2, 0.25) is 0 Å². The van der Waals surface area contributed by atoms with Crippen molar-refractivity contribution in [2.75, 3.05) is 0 Å². The normalized spacial score (nSPS) is 17.9. The molecule has 2 aromatic heterocycles. The lowest BCUT2D eigenvalue weighted by atomic mass is 10.1. The lowest BCUT2D eigenvalue weighted by molar-refractivity contribution is 0.105. The molecule has 0 aliphatic carbocycles. The first-order chi connectivity index (χ1) is 9.56. The smallest absolute Gasteiger partial charge is 0.407 e. The minimum absolute atomic E-state index is 0.151. The molecule has 0 radical (unpaired) electrons. The van der Waals surface area contributed by atoms with Crippen molar-refractivity contribution in [3.8, 4) is 11.4 Å². The summed E-state index contributed by atoms with van der Waals surface area (Å²) < 4.78 is 14.6. The first-order valence-electron chi connectivity index (χ1n) is 6.08. The number of hydrogen-bond donors (Lipinski definition) is 1. The molecule has 1 aliphatic heterocycles. The molecule has 104 valence electrons. The van der Waals surface area contributed by atoms with Crippen molar-refractivity contribution < 1.29 is 14.3 Å². The third kappa shape index (κ3) is 1.98. The van der Waals surface area contributed by atoms with Gasteiger partial charge in [0.15, 0.2) is 11.6 Å². The zero-order chi connectivity index (χ0) is 14.3. The highest BCUT2D eigenvalue weighted by Crippen LogP contribution is 2.26. The molecule has 1 amide bonds. The zero-order valence-electron chi connectivity index (χ0n) is 10.7. The molecular formula is C12H12FN5O2. The summed E-state index contributed by atoms with van der Waals surface area (Å²) >= 11 is 0. The van der Waals surface area contributed by atoms with Crippen molar-refractivity contribution >= 4 is 6.09 Å². The van der Waals surface area contributed by atoms with Gasteiger partial charge in [-0.15, -0.1) is 0 Å². The summed E-state index contributed by atoms with van der Waals surface area (Å²) in [6.45, 7) is 2.52. The minimum atomic E-state index is -0.976. The van der Waals surface area contributed by atoms with Crippen molar-refractivity contribution in [3.63, 3.8) is 0 Å². The highest BCUT2D eigenvalue weighted by molar-refractivity contribution is 5.67. The van der Waals surface area contributed by atoms with E-state index in [0.717, 1.165) is 18.1 Å². The van der Waals surface area contributed by atoms with Crippen LogP contribution in [0.5, 0.6) is 0 Å². The summed E-state index contributed by atoms with van der Waals surface area (Å²) in [5.41, 5.74) is 1.35. The fraction of sp³-hybridized carbons (Fsp3) is 0.333. The Kier molecular flexibility index (Phi) is 2.85. The van der Waals surface area contributed by atoms with Crippen LogP contribution in [-0.2, 0) is 13.1 Å². The molecule has 8 heteroatoms. The van der Waals surface area contributed by atoms with Gasteiger partial charge in [-0.05, 0) is 6.92 Å². The van der Waals surface area contributed by atoms with E-state index in [1.807, 2.05) is 6.92 Å². The molecule has 1 N–H and O–H groups in total. The van der Waals surface area contributed by atoms with Gasteiger partial charge in [-0.3, -0.25) is 9.58 Å². The number of carboxylic acid groups (broad SMARTS) is 1. The number of rotatable bonds is 1. The van der Waals surface area contributed by atoms with Crippen LogP contribution in [0.2, 0.25) is 0 Å². The molecule has 0 fully saturated rings. The summed E-state index contributed by atoms with van der Waals surface area (Å²) in [5.74, 6) is -0.178. The number of fused-ring (bicyclic) bond motifs is 1. The van der Waals surface area contributed by atoms with Crippen LogP contribution in [0.1, 0.15) is 12.6 Å². The van der Waals surface area contributed by atoms with Crippen LogP contribution in [0.15, 0.2) is 18.6 Å². The van der Waals surface area contributed by atoms with Crippen molar-refractivity contribution in [1.29, 1.82) is 0 Å². The molecule has 0 bridgehead atoms. The molecule has 20 heavy (non-hydrogen) atoms. The van der Waals surface area contributed by atoms with Crippen LogP contribution in [0, 0.1) is 5.82 Å². The Morgan fingerprint density at radius 1 is 1.40 bits per heavy atom. The Balaban J connectivity index is 2.01. The molecule has 7 nitrogen and oxygen atoms in total. The monoisotopic (exact) mass is 277 g/mol. The molecule has 0 unspecified atom stereocenters. The number of amides is 1. The van der Waals surface area contributed by atoms with Gasteiger partial charge < -0.3 is 5.11 Å². The van der Waals surface area contributed by atoms with Gasteiger partial charge in [0.1, 0.15) is 0 Å². The third-order valence-electron chi connectivity index (χ3n) is 3.34. The quantitative estimate of drug-likeness (QED) is 0.850. The van der Waals surface area contributed by atoms with Crippen LogP contribution in [0.3, 0.4) is 0 Å². The topological polar surface area (TPSA) is 84.1 Å². The first kappa shape index (κ1) is 12.5. The van der Waals surface area contributed by atoms with Gasteiger partial charge in [-0.2, -0.15) is 5.10 Å². The van der Waals surface area contributed by atoms with Crippen molar-refractivity contribution in [1.82, 2.24) is 24.6 Å². The Bertz CT molecular complexity index is 654. The molecule has 1 aliphatic rings. The maximum atomic E-state index is 12.9. The third-order valence-corrected chi connectivity index (χ3v) is 3.34. The summed E-state index contributed by atoms with van der Waals surface area (Å²) in [7, 11) is 0. The second kappa shape index (κ2) is 4.55. The molecule has 1 atom stereocenters. The Hall–Kier alpha value is -2.51. The lowest BCUT2D eigenvalue weighted by Crippen LogP contribution is -2.44. The van der Waals surface area contributed by atoms with Gasteiger partial charge in [0, 0.05) is 0 Å². The van der Waals surface area contributed by atoms with Crippen molar-refractivity contribution in [2.45, 2.75) is 26.1 Å². The fourth-order valence-electron chi connectivity index (χ4n) is 2.30. The van der Waals surface area contributed by atoms with Gasteiger partial charge in [0.25, 0.3) is 0 Å². The van der Waals surface area contributed by atoms with Gasteiger partial charge in [0.05, 0.1) is 49.0 Å². The average molecular weight is 277 g/mol. The van der Waals surface area contributed by atoms with E-state index in [9.17, 15) is 14.3 Å². The van der Waals surface area contributed by atoms with Crippen LogP contribution < -0.4 is 0 Å². The Labute approximate surface area is 113 Å². The predicted molar refractivity (Wildman–Crippen MR) is 66.2 cm³/mol. The molecule has 0 aromatic carbocycles. The number of hydrogen-bond acceptors (Lipinski definition) is 4. The standard InChI is InChI=1S/C12H12FN5O2/c1-7-5-18-10(6-17(7)12(19)20)9(4-16-18)11-14-2-8(13)3-15-11/h2-4,7H,5-6H2,1H3,(H,19,20)/t7-/m0/s1. The van der Waals surface area contributed by atoms with E-state index >= 15 is 0 Å². The van der Waals surface area contributed by atoms with Gasteiger partial charge in [-0.1, -0.05) is 0 Å². The summed E-state index contributed by atoms with van der Waals surface area (Å²) in [6.07, 6.45) is 2.76. The summed E-state index contributed by atoms with van der Waals surface area (Å²) in [6, 6.07) is -0.151. The van der Waals surface area contributed by atoms with Crippen LogP contribution in [0.25, 0.3) is 11.4 Å². The predicted octanol–water partition coefficient (Wildman–Crippen LogP) is 1.36. The molecule has 3 heterocycles. The fourth-order valence-corrected chi connectivity index (χ4v) is 2.30. The number of carbonyl (C=O) groups is 1. The highest BCUT2D eigenvalue weighted by atomic mass is 19.1. The Morgan fingerprint density at radius 3 is 2.75 bits per heavy atom. The van der Waals surface area contributed by atoms with Crippen LogP contribution >= 0.6 is 0 Å². The van der Waals surface area contributed by atoms with E-state index in [4.69, 9.17) is 0 Å². The molecule has 3 rings (SSSR count). The van der Waals surface area contributed by atoms with Crippen LogP contribution in [0.4, 0.5) is 9.18 Å². The first-order valence-corrected chi connectivity index (χ1v) is 6.08. The van der Waals surface area contributed by atoms with Crippen molar-refractivity contribution in [2.24, 2.45) is 0 Å². The highest BCUT2D eigenvalue weighted by Gasteiger charge is 2.29. The molecule has 0 saturated carbocycles. The maximum absolute atomic E-state index is 12.9. The lowest BCUT2D eigenvalue weighted by Gasteiger charge is -2.32. The second-order valence-corrected chi connectivity index (χ2v) is 4.67. The number of nitrogens with zero attached hydrogens (tertiary/aromatic N) is 5. The van der Waals surface area contributed by atoms with Crippen LogP contribution in [-0.4, -0.2) is 41.9 Å². The van der Waals surface area contributed by atoms with Gasteiger partial charge >= 0.3 is 6.09 Å². The minimum Gasteiger partial charge on any atom is -0.465 e. The van der Waals surface area contributed by atoms with E-state index < -0.39 is 11.9 Å². The largest absolute Gasteiger partial charge is 0.465 e. The molecule has 2 aromatic rings. The second-order valence-electron chi connectivity index (χ2n) is 4.67. The maximum Gasteiger partial charge on any atom is 0.407 e. The van der Waals surface area contributed by atoms with E-state index in [2.05, 4.69) is 15.1 Å². The summed E-state index contributed by atoms with van der Waals surface area (Å²) in [4.78, 5) is 20.4. The number of aromatic nitrogens is 4. The SMILES string of the molecule is C[C@H]1Cn2ncc(-c3ncc(F)cn3)c2CN1C(=O)O. The molecule has 0 saturated heterocycles.